The zero-order valence-corrected chi connectivity index (χ0v) is 11.8. The maximum absolute atomic E-state index is 12.5. The smallest absolute Gasteiger partial charge is 0.259 e. The quantitative estimate of drug-likeness (QED) is 0.919. The highest BCUT2D eigenvalue weighted by Crippen LogP contribution is 2.32. The average Bonchev–Trinajstić information content (AvgIpc) is 3.24. The predicted octanol–water partition coefficient (Wildman–Crippen LogP) is 2.29. The largest absolute Gasteiger partial charge is 0.361 e. The molecule has 2 aliphatic rings. The van der Waals surface area contributed by atoms with Crippen LogP contribution in [0, 0.1) is 0 Å². The van der Waals surface area contributed by atoms with Crippen molar-refractivity contribution < 1.29 is 4.79 Å². The minimum Gasteiger partial charge on any atom is -0.361 e. The molecule has 0 saturated carbocycles. The number of likely N-dealkylation sites (tertiary alicyclic amines) is 1. The van der Waals surface area contributed by atoms with E-state index in [1.54, 1.807) is 6.20 Å². The Hall–Kier alpha value is -2.30. The molecule has 1 aromatic heterocycles. The summed E-state index contributed by atoms with van der Waals surface area (Å²) in [6.45, 7) is 2.50. The van der Waals surface area contributed by atoms with Gasteiger partial charge < -0.3 is 10.2 Å². The third-order valence-electron chi connectivity index (χ3n) is 4.33. The first-order valence-electron chi connectivity index (χ1n) is 7.49. The van der Waals surface area contributed by atoms with Crippen molar-refractivity contribution in [2.75, 3.05) is 18.4 Å². The number of hydrogen-bond donors (Lipinski definition) is 1. The van der Waals surface area contributed by atoms with Gasteiger partial charge in [-0.05, 0) is 18.4 Å². The zero-order chi connectivity index (χ0) is 14.2. The number of benzene rings is 1. The fourth-order valence-corrected chi connectivity index (χ4v) is 3.18. The van der Waals surface area contributed by atoms with Gasteiger partial charge in [-0.1, -0.05) is 30.3 Å². The fourth-order valence-electron chi connectivity index (χ4n) is 3.18. The summed E-state index contributed by atoms with van der Waals surface area (Å²) in [5, 5.41) is 7.83. The number of aromatic nitrogens is 2. The van der Waals surface area contributed by atoms with Crippen LogP contribution in [0.2, 0.25) is 0 Å². The highest BCUT2D eigenvalue weighted by molar-refractivity contribution is 5.99. The Labute approximate surface area is 123 Å². The normalized spacial score (nSPS) is 20.4. The summed E-state index contributed by atoms with van der Waals surface area (Å²) in [5.74, 6) is 0.968. The SMILES string of the molecule is O=C(c1cnn2c1NC(c1ccccc1)C2)N1CCCC1. The lowest BCUT2D eigenvalue weighted by atomic mass is 10.1. The first kappa shape index (κ1) is 12.4. The van der Waals surface area contributed by atoms with Crippen molar-refractivity contribution >= 4 is 11.7 Å². The van der Waals surface area contributed by atoms with Crippen LogP contribution in [-0.2, 0) is 6.54 Å². The summed E-state index contributed by atoms with van der Waals surface area (Å²) >= 11 is 0. The number of amides is 1. The van der Waals surface area contributed by atoms with E-state index >= 15 is 0 Å². The maximum Gasteiger partial charge on any atom is 0.259 e. The van der Waals surface area contributed by atoms with E-state index in [0.717, 1.165) is 38.3 Å². The van der Waals surface area contributed by atoms with Gasteiger partial charge in [0.2, 0.25) is 0 Å². The molecule has 4 rings (SSSR count). The van der Waals surface area contributed by atoms with E-state index in [9.17, 15) is 4.79 Å². The molecule has 0 bridgehead atoms. The summed E-state index contributed by atoms with van der Waals surface area (Å²) in [6.07, 6.45) is 3.91. The zero-order valence-electron chi connectivity index (χ0n) is 11.8. The van der Waals surface area contributed by atoms with E-state index < -0.39 is 0 Å². The molecule has 0 radical (unpaired) electrons. The number of carbonyl (C=O) groups is 1. The molecule has 108 valence electrons. The lowest BCUT2D eigenvalue weighted by Crippen LogP contribution is -2.27. The third-order valence-corrected chi connectivity index (χ3v) is 4.33. The van der Waals surface area contributed by atoms with Gasteiger partial charge in [-0.15, -0.1) is 0 Å². The summed E-state index contributed by atoms with van der Waals surface area (Å²) in [7, 11) is 0. The second-order valence-corrected chi connectivity index (χ2v) is 5.70. The highest BCUT2D eigenvalue weighted by atomic mass is 16.2. The van der Waals surface area contributed by atoms with Crippen molar-refractivity contribution in [1.29, 1.82) is 0 Å². The summed E-state index contributed by atoms with van der Waals surface area (Å²) in [4.78, 5) is 14.5. The Morgan fingerprint density at radius 3 is 2.71 bits per heavy atom. The summed E-state index contributed by atoms with van der Waals surface area (Å²) in [6, 6.07) is 10.5. The second kappa shape index (κ2) is 4.91. The van der Waals surface area contributed by atoms with E-state index in [-0.39, 0.29) is 11.9 Å². The van der Waals surface area contributed by atoms with Crippen LogP contribution in [0.15, 0.2) is 36.5 Å². The van der Waals surface area contributed by atoms with E-state index in [0.29, 0.717) is 5.56 Å². The number of anilines is 1. The van der Waals surface area contributed by atoms with Gasteiger partial charge in [0.25, 0.3) is 5.91 Å². The molecule has 5 nitrogen and oxygen atoms in total. The molecule has 0 spiro atoms. The molecular formula is C16H18N4O. The lowest BCUT2D eigenvalue weighted by Gasteiger charge is -2.15. The second-order valence-electron chi connectivity index (χ2n) is 5.70. The minimum absolute atomic E-state index is 0.106. The van der Waals surface area contributed by atoms with Gasteiger partial charge in [0.1, 0.15) is 11.4 Å². The maximum atomic E-state index is 12.5. The summed E-state index contributed by atoms with van der Waals surface area (Å²) in [5.41, 5.74) is 1.93. The third kappa shape index (κ3) is 2.09. The number of rotatable bonds is 2. The van der Waals surface area contributed by atoms with Gasteiger partial charge >= 0.3 is 0 Å². The minimum atomic E-state index is 0.106. The van der Waals surface area contributed by atoms with Crippen LogP contribution >= 0.6 is 0 Å². The van der Waals surface area contributed by atoms with E-state index in [1.807, 2.05) is 27.8 Å². The molecule has 1 aromatic carbocycles. The Balaban J connectivity index is 1.58. The molecule has 1 atom stereocenters. The van der Waals surface area contributed by atoms with Gasteiger partial charge in [0, 0.05) is 13.1 Å². The molecule has 1 saturated heterocycles. The molecule has 21 heavy (non-hydrogen) atoms. The fraction of sp³-hybridized carbons (Fsp3) is 0.375. The van der Waals surface area contributed by atoms with E-state index in [2.05, 4.69) is 22.5 Å². The van der Waals surface area contributed by atoms with Gasteiger partial charge in [0.15, 0.2) is 0 Å². The predicted molar refractivity (Wildman–Crippen MR) is 80.2 cm³/mol. The molecule has 3 heterocycles. The van der Waals surface area contributed by atoms with Crippen LogP contribution in [0.1, 0.15) is 34.8 Å². The first-order valence-corrected chi connectivity index (χ1v) is 7.49. The van der Waals surface area contributed by atoms with Gasteiger partial charge in [-0.3, -0.25) is 4.79 Å². The van der Waals surface area contributed by atoms with Crippen LogP contribution in [0.25, 0.3) is 0 Å². The number of nitrogens with zero attached hydrogens (tertiary/aromatic N) is 3. The topological polar surface area (TPSA) is 50.2 Å². The van der Waals surface area contributed by atoms with Crippen molar-refractivity contribution in [3.8, 4) is 0 Å². The molecule has 5 heteroatoms. The van der Waals surface area contributed by atoms with Crippen molar-refractivity contribution in [3.63, 3.8) is 0 Å². The Bertz CT molecular complexity index is 658. The van der Waals surface area contributed by atoms with E-state index in [1.165, 1.54) is 5.56 Å². The van der Waals surface area contributed by atoms with Crippen molar-refractivity contribution in [2.24, 2.45) is 0 Å². The molecule has 0 aliphatic carbocycles. The van der Waals surface area contributed by atoms with Crippen molar-refractivity contribution in [3.05, 3.63) is 47.7 Å². The molecule has 1 fully saturated rings. The van der Waals surface area contributed by atoms with Gasteiger partial charge in [0.05, 0.1) is 18.8 Å². The number of nitrogens with one attached hydrogen (secondary N) is 1. The lowest BCUT2D eigenvalue weighted by molar-refractivity contribution is 0.0794. The Morgan fingerprint density at radius 1 is 1.19 bits per heavy atom. The molecular weight excluding hydrogens is 264 g/mol. The Kier molecular flexibility index (Phi) is 2.91. The van der Waals surface area contributed by atoms with Crippen molar-refractivity contribution in [2.45, 2.75) is 25.4 Å². The van der Waals surface area contributed by atoms with E-state index in [4.69, 9.17) is 0 Å². The molecule has 2 aromatic rings. The van der Waals surface area contributed by atoms with Crippen molar-refractivity contribution in [1.82, 2.24) is 14.7 Å². The monoisotopic (exact) mass is 282 g/mol. The first-order chi connectivity index (χ1) is 10.3. The highest BCUT2D eigenvalue weighted by Gasteiger charge is 2.30. The number of hydrogen-bond acceptors (Lipinski definition) is 3. The Morgan fingerprint density at radius 2 is 1.95 bits per heavy atom. The van der Waals surface area contributed by atoms with Gasteiger partial charge in [-0.25, -0.2) is 4.68 Å². The summed E-state index contributed by atoms with van der Waals surface area (Å²) < 4.78 is 1.90. The molecule has 2 aliphatic heterocycles. The molecule has 1 N–H and O–H groups in total. The molecule has 1 amide bonds. The molecule has 1 unspecified atom stereocenters. The van der Waals surface area contributed by atoms with Gasteiger partial charge in [-0.2, -0.15) is 5.10 Å². The van der Waals surface area contributed by atoms with Crippen LogP contribution in [0.3, 0.4) is 0 Å². The average molecular weight is 282 g/mol. The van der Waals surface area contributed by atoms with Crippen LogP contribution < -0.4 is 5.32 Å². The van der Waals surface area contributed by atoms with Crippen LogP contribution in [0.4, 0.5) is 5.82 Å². The number of fused-ring (bicyclic) bond motifs is 1. The van der Waals surface area contributed by atoms with Crippen LogP contribution in [-0.4, -0.2) is 33.7 Å². The standard InChI is InChI=1S/C16H18N4O/c21-16(19-8-4-5-9-19)13-10-17-20-11-14(18-15(13)20)12-6-2-1-3-7-12/h1-3,6-7,10,14,18H,4-5,8-9,11H2. The van der Waals surface area contributed by atoms with Crippen LogP contribution in [0.5, 0.6) is 0 Å². The number of carbonyl (C=O) groups excluding carboxylic acids is 1.